The van der Waals surface area contributed by atoms with E-state index < -0.39 is 15.9 Å². The summed E-state index contributed by atoms with van der Waals surface area (Å²) >= 11 is 0. The van der Waals surface area contributed by atoms with Crippen LogP contribution in [0, 0.1) is 0 Å². The van der Waals surface area contributed by atoms with E-state index in [0.717, 1.165) is 11.8 Å². The van der Waals surface area contributed by atoms with Gasteiger partial charge < -0.3 is 16.4 Å². The van der Waals surface area contributed by atoms with E-state index >= 15 is 0 Å². The van der Waals surface area contributed by atoms with Crippen molar-refractivity contribution < 1.29 is 18.0 Å². The Morgan fingerprint density at radius 1 is 1.00 bits per heavy atom. The second kappa shape index (κ2) is 7.14. The summed E-state index contributed by atoms with van der Waals surface area (Å²) in [5, 5.41) is 5.18. The molecule has 0 unspecified atom stereocenters. The summed E-state index contributed by atoms with van der Waals surface area (Å²) in [5.74, 6) is -0.311. The van der Waals surface area contributed by atoms with Gasteiger partial charge in [0.2, 0.25) is 0 Å². The van der Waals surface area contributed by atoms with E-state index in [4.69, 9.17) is 5.73 Å². The van der Waals surface area contributed by atoms with Gasteiger partial charge in [0.1, 0.15) is 0 Å². The van der Waals surface area contributed by atoms with Gasteiger partial charge in [-0.05, 0) is 42.0 Å². The molecule has 0 aromatic heterocycles. The number of hydrogen-bond donors (Lipinski definition) is 3. The normalized spacial score (nSPS) is 10.9. The summed E-state index contributed by atoms with van der Waals surface area (Å²) < 4.78 is 22.8. The minimum atomic E-state index is -3.28. The fraction of sp³-hybridized carbons (Fsp3) is 0.125. The molecule has 2 aromatic carbocycles. The fourth-order valence-corrected chi connectivity index (χ4v) is 2.62. The molecular formula is C16H17N3O4S. The summed E-state index contributed by atoms with van der Waals surface area (Å²) in [7, 11) is -3.28. The minimum absolute atomic E-state index is 0.164. The van der Waals surface area contributed by atoms with Crippen LogP contribution in [-0.4, -0.2) is 26.6 Å². The first-order chi connectivity index (χ1) is 11.3. The average Bonchev–Trinajstić information content (AvgIpc) is 2.52. The van der Waals surface area contributed by atoms with E-state index in [9.17, 15) is 18.0 Å². The predicted molar refractivity (Wildman–Crippen MR) is 90.4 cm³/mol. The van der Waals surface area contributed by atoms with Gasteiger partial charge in [-0.2, -0.15) is 0 Å². The molecule has 4 N–H and O–H groups in total. The maximum absolute atomic E-state index is 12.1. The van der Waals surface area contributed by atoms with Crippen molar-refractivity contribution in [1.29, 1.82) is 0 Å². The fourth-order valence-electron chi connectivity index (χ4n) is 1.99. The van der Waals surface area contributed by atoms with Crippen LogP contribution in [0.2, 0.25) is 0 Å². The van der Waals surface area contributed by atoms with Crippen LogP contribution in [0.25, 0.3) is 0 Å². The SMILES string of the molecule is CS(=O)(=O)c1ccc(C(=O)NCc2ccc(NC(N)=O)cc2)cc1. The minimum Gasteiger partial charge on any atom is -0.351 e. The molecule has 7 nitrogen and oxygen atoms in total. The first kappa shape index (κ1) is 17.5. The van der Waals surface area contributed by atoms with Gasteiger partial charge in [-0.1, -0.05) is 12.1 Å². The molecule has 0 atom stereocenters. The number of carbonyl (C=O) groups excluding carboxylic acids is 2. The third-order valence-corrected chi connectivity index (χ3v) is 4.35. The Morgan fingerprint density at radius 3 is 2.08 bits per heavy atom. The van der Waals surface area contributed by atoms with Crippen molar-refractivity contribution >= 4 is 27.5 Å². The topological polar surface area (TPSA) is 118 Å². The number of primary amides is 1. The van der Waals surface area contributed by atoms with E-state index in [1.54, 1.807) is 24.3 Å². The molecule has 3 amide bonds. The van der Waals surface area contributed by atoms with E-state index in [-0.39, 0.29) is 10.8 Å². The molecule has 0 heterocycles. The zero-order chi connectivity index (χ0) is 17.7. The monoisotopic (exact) mass is 347 g/mol. The van der Waals surface area contributed by atoms with Crippen molar-refractivity contribution in [2.45, 2.75) is 11.4 Å². The van der Waals surface area contributed by atoms with Gasteiger partial charge >= 0.3 is 6.03 Å². The Labute approximate surface area is 139 Å². The maximum Gasteiger partial charge on any atom is 0.316 e. The van der Waals surface area contributed by atoms with Crippen LogP contribution in [0.5, 0.6) is 0 Å². The second-order valence-corrected chi connectivity index (χ2v) is 7.18. The molecule has 2 rings (SSSR count). The van der Waals surface area contributed by atoms with Gasteiger partial charge in [0.25, 0.3) is 5.91 Å². The molecule has 0 spiro atoms. The third kappa shape index (κ3) is 4.82. The van der Waals surface area contributed by atoms with Crippen LogP contribution in [0.15, 0.2) is 53.4 Å². The Hall–Kier alpha value is -2.87. The first-order valence-corrected chi connectivity index (χ1v) is 8.88. The summed E-state index contributed by atoms with van der Waals surface area (Å²) in [6, 6.07) is 11.9. The van der Waals surface area contributed by atoms with Gasteiger partial charge in [0.15, 0.2) is 9.84 Å². The highest BCUT2D eigenvalue weighted by atomic mass is 32.2. The van der Waals surface area contributed by atoms with Gasteiger partial charge in [-0.3, -0.25) is 4.79 Å². The van der Waals surface area contributed by atoms with E-state index in [2.05, 4.69) is 10.6 Å². The zero-order valence-corrected chi connectivity index (χ0v) is 13.8. The highest BCUT2D eigenvalue weighted by molar-refractivity contribution is 7.90. The molecule has 0 aliphatic rings. The van der Waals surface area contributed by atoms with Crippen LogP contribution in [0.4, 0.5) is 10.5 Å². The molecular weight excluding hydrogens is 330 g/mol. The summed E-state index contributed by atoms with van der Waals surface area (Å²) in [4.78, 5) is 22.9. The Bertz CT molecular complexity index is 844. The van der Waals surface area contributed by atoms with Crippen molar-refractivity contribution in [1.82, 2.24) is 5.32 Å². The Morgan fingerprint density at radius 2 is 1.58 bits per heavy atom. The summed E-state index contributed by atoms with van der Waals surface area (Å²) in [6.45, 7) is 0.295. The number of sulfone groups is 1. The number of rotatable bonds is 5. The molecule has 0 radical (unpaired) electrons. The number of amides is 3. The number of nitrogens with two attached hydrogens (primary N) is 1. The van der Waals surface area contributed by atoms with Crippen LogP contribution < -0.4 is 16.4 Å². The number of benzene rings is 2. The molecule has 0 bridgehead atoms. The number of anilines is 1. The molecule has 0 saturated carbocycles. The zero-order valence-electron chi connectivity index (χ0n) is 12.9. The van der Waals surface area contributed by atoms with E-state index in [1.807, 2.05) is 0 Å². The van der Waals surface area contributed by atoms with Crippen molar-refractivity contribution in [2.24, 2.45) is 5.73 Å². The van der Waals surface area contributed by atoms with Crippen molar-refractivity contribution in [3.05, 3.63) is 59.7 Å². The maximum atomic E-state index is 12.1. The Balaban J connectivity index is 1.96. The smallest absolute Gasteiger partial charge is 0.316 e. The third-order valence-electron chi connectivity index (χ3n) is 3.22. The highest BCUT2D eigenvalue weighted by Gasteiger charge is 2.09. The number of nitrogens with one attached hydrogen (secondary N) is 2. The molecule has 0 aliphatic carbocycles. The van der Waals surface area contributed by atoms with Crippen LogP contribution in [0.1, 0.15) is 15.9 Å². The van der Waals surface area contributed by atoms with E-state index in [0.29, 0.717) is 17.8 Å². The molecule has 24 heavy (non-hydrogen) atoms. The summed E-state index contributed by atoms with van der Waals surface area (Å²) in [5.41, 5.74) is 6.79. The second-order valence-electron chi connectivity index (χ2n) is 5.17. The van der Waals surface area contributed by atoms with Crippen molar-refractivity contribution in [2.75, 3.05) is 11.6 Å². The largest absolute Gasteiger partial charge is 0.351 e. The van der Waals surface area contributed by atoms with Crippen molar-refractivity contribution in [3.63, 3.8) is 0 Å². The van der Waals surface area contributed by atoms with Gasteiger partial charge in [0.05, 0.1) is 4.90 Å². The van der Waals surface area contributed by atoms with Crippen LogP contribution >= 0.6 is 0 Å². The van der Waals surface area contributed by atoms with E-state index in [1.165, 1.54) is 24.3 Å². The molecule has 0 aliphatic heterocycles. The van der Waals surface area contributed by atoms with Crippen LogP contribution in [-0.2, 0) is 16.4 Å². The van der Waals surface area contributed by atoms with Gasteiger partial charge in [-0.25, -0.2) is 13.2 Å². The number of urea groups is 1. The summed E-state index contributed by atoms with van der Waals surface area (Å²) in [6.07, 6.45) is 1.11. The number of carbonyl (C=O) groups is 2. The molecule has 2 aromatic rings. The first-order valence-electron chi connectivity index (χ1n) is 6.99. The van der Waals surface area contributed by atoms with Gasteiger partial charge in [-0.15, -0.1) is 0 Å². The lowest BCUT2D eigenvalue weighted by atomic mass is 10.2. The average molecular weight is 347 g/mol. The highest BCUT2D eigenvalue weighted by Crippen LogP contribution is 2.11. The van der Waals surface area contributed by atoms with Crippen LogP contribution in [0.3, 0.4) is 0 Å². The Kier molecular flexibility index (Phi) is 5.20. The lowest BCUT2D eigenvalue weighted by Crippen LogP contribution is -2.23. The molecule has 126 valence electrons. The quantitative estimate of drug-likeness (QED) is 0.759. The predicted octanol–water partition coefficient (Wildman–Crippen LogP) is 1.51. The molecule has 0 saturated heterocycles. The van der Waals surface area contributed by atoms with Crippen molar-refractivity contribution in [3.8, 4) is 0 Å². The lowest BCUT2D eigenvalue weighted by Gasteiger charge is -2.07. The molecule has 8 heteroatoms. The van der Waals surface area contributed by atoms with Gasteiger partial charge in [0, 0.05) is 24.1 Å². The molecule has 0 fully saturated rings. The lowest BCUT2D eigenvalue weighted by molar-refractivity contribution is 0.0951. The number of hydrogen-bond acceptors (Lipinski definition) is 4. The standard InChI is InChI=1S/C16H17N3O4S/c1-24(22,23)14-8-4-12(5-9-14)15(20)18-10-11-2-6-13(7-3-11)19-16(17)21/h2-9H,10H2,1H3,(H,18,20)(H3,17,19,21).